The summed E-state index contributed by atoms with van der Waals surface area (Å²) in [6.45, 7) is 4.97. The predicted octanol–water partition coefficient (Wildman–Crippen LogP) is 3.94. The molecule has 2 heterocycles. The van der Waals surface area contributed by atoms with E-state index in [0.29, 0.717) is 30.9 Å². The van der Waals surface area contributed by atoms with E-state index in [2.05, 4.69) is 11.1 Å². The Kier molecular flexibility index (Phi) is 6.56. The SMILES string of the molecule is Cc1cc([C@H](C)Oc2ccc(Cl)cc2S(N)(=O)=O)c2cc([C@@H]3COCCO3)c(C#N)nc2c1. The van der Waals surface area contributed by atoms with Gasteiger partial charge in [-0.25, -0.2) is 18.5 Å². The van der Waals surface area contributed by atoms with Gasteiger partial charge in [0, 0.05) is 21.5 Å². The molecule has 1 aromatic heterocycles. The van der Waals surface area contributed by atoms with Gasteiger partial charge in [-0.3, -0.25) is 0 Å². The molecule has 2 N–H and O–H groups in total. The molecule has 0 unspecified atom stereocenters. The fraction of sp³-hybridized carbons (Fsp3) is 0.304. The van der Waals surface area contributed by atoms with E-state index in [1.807, 2.05) is 25.1 Å². The number of pyridine rings is 1. The van der Waals surface area contributed by atoms with Crippen LogP contribution in [-0.4, -0.2) is 33.2 Å². The standard InChI is InChI=1S/C23H22ClN3O5S/c1-13-7-16(14(2)32-21-4-3-15(24)9-23(21)33(26,28)29)17-10-18(22-12-30-5-6-31-22)20(11-25)27-19(17)8-13/h3-4,7-10,14,22H,5-6,12H2,1-2H3,(H2,26,28,29)/t14-,22-/m0/s1. The van der Waals surface area contributed by atoms with E-state index < -0.39 is 22.2 Å². The molecule has 33 heavy (non-hydrogen) atoms. The molecule has 0 amide bonds. The van der Waals surface area contributed by atoms with Crippen LogP contribution in [0.25, 0.3) is 10.9 Å². The minimum Gasteiger partial charge on any atom is -0.485 e. The summed E-state index contributed by atoms with van der Waals surface area (Å²) >= 11 is 5.96. The number of primary sulfonamides is 1. The third kappa shape index (κ3) is 4.95. The molecular formula is C23H22ClN3O5S. The van der Waals surface area contributed by atoms with Gasteiger partial charge in [0.2, 0.25) is 10.0 Å². The minimum absolute atomic E-state index is 0.0925. The van der Waals surface area contributed by atoms with Crippen LogP contribution in [0.4, 0.5) is 0 Å². The number of hydrogen-bond donors (Lipinski definition) is 1. The van der Waals surface area contributed by atoms with E-state index in [-0.39, 0.29) is 21.4 Å². The zero-order valence-electron chi connectivity index (χ0n) is 18.0. The molecule has 4 rings (SSSR count). The Morgan fingerprint density at radius 3 is 2.73 bits per heavy atom. The van der Waals surface area contributed by atoms with Gasteiger partial charge < -0.3 is 14.2 Å². The van der Waals surface area contributed by atoms with Gasteiger partial charge in [-0.1, -0.05) is 17.7 Å². The third-order valence-corrected chi connectivity index (χ3v) is 6.53. The van der Waals surface area contributed by atoms with Gasteiger partial charge in [-0.15, -0.1) is 0 Å². The fourth-order valence-corrected chi connectivity index (χ4v) is 4.78. The fourth-order valence-electron chi connectivity index (χ4n) is 3.86. The maximum absolute atomic E-state index is 12.1. The Morgan fingerprint density at radius 1 is 1.27 bits per heavy atom. The normalized spacial score (nSPS) is 17.5. The largest absolute Gasteiger partial charge is 0.485 e. The number of sulfonamides is 1. The number of rotatable bonds is 5. The summed E-state index contributed by atoms with van der Waals surface area (Å²) in [6, 6.07) is 12.1. The Hall–Kier alpha value is -2.74. The van der Waals surface area contributed by atoms with Gasteiger partial charge in [0.1, 0.15) is 34.6 Å². The molecule has 8 nitrogen and oxygen atoms in total. The number of aromatic nitrogens is 1. The Bertz CT molecular complexity index is 1360. The van der Waals surface area contributed by atoms with Crippen molar-refractivity contribution in [3.8, 4) is 11.8 Å². The highest BCUT2D eigenvalue weighted by Gasteiger charge is 2.24. The highest BCUT2D eigenvalue weighted by atomic mass is 35.5. The molecule has 0 radical (unpaired) electrons. The first-order valence-electron chi connectivity index (χ1n) is 10.2. The van der Waals surface area contributed by atoms with Crippen LogP contribution in [0.15, 0.2) is 41.3 Å². The summed E-state index contributed by atoms with van der Waals surface area (Å²) < 4.78 is 41.5. The topological polar surface area (TPSA) is 125 Å². The highest BCUT2D eigenvalue weighted by molar-refractivity contribution is 7.89. The van der Waals surface area contributed by atoms with Gasteiger partial charge in [0.05, 0.1) is 25.3 Å². The van der Waals surface area contributed by atoms with Gasteiger partial charge in [-0.2, -0.15) is 5.26 Å². The van der Waals surface area contributed by atoms with E-state index in [1.165, 1.54) is 18.2 Å². The second-order valence-corrected chi connectivity index (χ2v) is 9.76. The van der Waals surface area contributed by atoms with Crippen molar-refractivity contribution in [2.75, 3.05) is 19.8 Å². The number of aryl methyl sites for hydroxylation is 1. The van der Waals surface area contributed by atoms with Crippen molar-refractivity contribution in [1.29, 1.82) is 5.26 Å². The van der Waals surface area contributed by atoms with Gasteiger partial charge >= 0.3 is 0 Å². The smallest absolute Gasteiger partial charge is 0.241 e. The van der Waals surface area contributed by atoms with E-state index in [1.54, 1.807) is 6.92 Å². The molecule has 1 saturated heterocycles. The van der Waals surface area contributed by atoms with Crippen molar-refractivity contribution in [1.82, 2.24) is 4.98 Å². The second kappa shape index (κ2) is 9.25. The molecule has 3 aromatic rings. The van der Waals surface area contributed by atoms with Crippen LogP contribution in [0.5, 0.6) is 5.75 Å². The van der Waals surface area contributed by atoms with Crippen molar-refractivity contribution in [2.24, 2.45) is 5.14 Å². The Balaban J connectivity index is 1.81. The van der Waals surface area contributed by atoms with Crippen molar-refractivity contribution in [3.63, 3.8) is 0 Å². The van der Waals surface area contributed by atoms with Crippen LogP contribution in [0.1, 0.15) is 41.5 Å². The molecule has 2 aromatic carbocycles. The number of nitrogens with two attached hydrogens (primary N) is 1. The lowest BCUT2D eigenvalue weighted by Gasteiger charge is -2.25. The number of fused-ring (bicyclic) bond motifs is 1. The monoisotopic (exact) mass is 487 g/mol. The van der Waals surface area contributed by atoms with Gasteiger partial charge in [0.25, 0.3) is 0 Å². The number of hydrogen-bond acceptors (Lipinski definition) is 7. The van der Waals surface area contributed by atoms with E-state index in [0.717, 1.165) is 16.5 Å². The van der Waals surface area contributed by atoms with E-state index >= 15 is 0 Å². The number of halogens is 1. The van der Waals surface area contributed by atoms with Crippen LogP contribution >= 0.6 is 11.6 Å². The first-order chi connectivity index (χ1) is 15.7. The summed E-state index contributed by atoms with van der Waals surface area (Å²) in [5.41, 5.74) is 3.23. The van der Waals surface area contributed by atoms with Crippen molar-refractivity contribution in [3.05, 3.63) is 63.8 Å². The molecular weight excluding hydrogens is 466 g/mol. The minimum atomic E-state index is -4.05. The molecule has 172 valence electrons. The highest BCUT2D eigenvalue weighted by Crippen LogP contribution is 2.35. The quantitative estimate of drug-likeness (QED) is 0.577. The van der Waals surface area contributed by atoms with Crippen LogP contribution in [0.3, 0.4) is 0 Å². The maximum Gasteiger partial charge on any atom is 0.241 e. The lowest BCUT2D eigenvalue weighted by atomic mass is 9.97. The van der Waals surface area contributed by atoms with Crippen molar-refractivity contribution in [2.45, 2.75) is 31.0 Å². The van der Waals surface area contributed by atoms with Crippen LogP contribution in [0.2, 0.25) is 5.02 Å². The number of nitrogens with zero attached hydrogens (tertiary/aromatic N) is 2. The van der Waals surface area contributed by atoms with Crippen LogP contribution < -0.4 is 9.88 Å². The van der Waals surface area contributed by atoms with Gasteiger partial charge in [-0.05, 0) is 49.7 Å². The molecule has 2 atom stereocenters. The predicted molar refractivity (Wildman–Crippen MR) is 123 cm³/mol. The maximum atomic E-state index is 12.1. The van der Waals surface area contributed by atoms with Crippen LogP contribution in [0, 0.1) is 18.3 Å². The Morgan fingerprint density at radius 2 is 2.06 bits per heavy atom. The van der Waals surface area contributed by atoms with E-state index in [4.69, 9.17) is 31.0 Å². The first kappa shape index (κ1) is 23.4. The molecule has 1 aliphatic rings. The van der Waals surface area contributed by atoms with Crippen molar-refractivity contribution >= 4 is 32.5 Å². The summed E-state index contributed by atoms with van der Waals surface area (Å²) in [5, 5.41) is 16.0. The molecule has 0 spiro atoms. The summed E-state index contributed by atoms with van der Waals surface area (Å²) in [6.07, 6.45) is -0.971. The van der Waals surface area contributed by atoms with E-state index in [9.17, 15) is 13.7 Å². The molecule has 1 fully saturated rings. The second-order valence-electron chi connectivity index (χ2n) is 7.79. The lowest BCUT2D eigenvalue weighted by molar-refractivity contribution is -0.0903. The van der Waals surface area contributed by atoms with Crippen molar-refractivity contribution < 1.29 is 22.6 Å². The lowest BCUT2D eigenvalue weighted by Crippen LogP contribution is -2.23. The third-order valence-electron chi connectivity index (χ3n) is 5.36. The number of ether oxygens (including phenoxy) is 3. The number of benzene rings is 2. The zero-order chi connectivity index (χ0) is 23.8. The molecule has 0 aliphatic carbocycles. The summed E-state index contributed by atoms with van der Waals surface area (Å²) in [7, 11) is -4.05. The van der Waals surface area contributed by atoms with Gasteiger partial charge in [0.15, 0.2) is 0 Å². The molecule has 0 bridgehead atoms. The number of nitriles is 1. The average Bonchev–Trinajstić information content (AvgIpc) is 2.78. The summed E-state index contributed by atoms with van der Waals surface area (Å²) in [5.74, 6) is 0.0925. The molecule has 1 aliphatic heterocycles. The summed E-state index contributed by atoms with van der Waals surface area (Å²) in [4.78, 5) is 4.37. The average molecular weight is 488 g/mol. The molecule has 0 saturated carbocycles. The molecule has 10 heteroatoms. The zero-order valence-corrected chi connectivity index (χ0v) is 19.6. The Labute approximate surface area is 196 Å². The first-order valence-corrected chi connectivity index (χ1v) is 12.1. The van der Waals surface area contributed by atoms with Crippen LogP contribution in [-0.2, 0) is 19.5 Å².